The van der Waals surface area contributed by atoms with Crippen molar-refractivity contribution in [1.82, 2.24) is 0 Å². The van der Waals surface area contributed by atoms with Gasteiger partial charge >= 0.3 is 5.97 Å². The first-order valence-electron chi connectivity index (χ1n) is 4.67. The smallest absolute Gasteiger partial charge is 0.315 e. The van der Waals surface area contributed by atoms with Crippen LogP contribution < -0.4 is 0 Å². The molecule has 0 heterocycles. The number of rotatable bonds is 3. The van der Waals surface area contributed by atoms with E-state index in [1.165, 1.54) is 18.9 Å². The summed E-state index contributed by atoms with van der Waals surface area (Å²) in [4.78, 5) is 11.9. The zero-order valence-electron chi connectivity index (χ0n) is 9.12. The van der Waals surface area contributed by atoms with E-state index in [2.05, 4.69) is 20.7 Å². The van der Waals surface area contributed by atoms with E-state index < -0.39 is 0 Å². The van der Waals surface area contributed by atoms with Crippen LogP contribution in [-0.4, -0.2) is 18.8 Å². The molecule has 0 aromatic heterocycles. The van der Waals surface area contributed by atoms with Crippen LogP contribution >= 0.6 is 27.7 Å². The normalized spacial score (nSPS) is 8.80. The molecule has 0 aliphatic rings. The zero-order chi connectivity index (χ0) is 11.7. The van der Waals surface area contributed by atoms with E-state index in [4.69, 9.17) is 0 Å². The van der Waals surface area contributed by atoms with Crippen LogP contribution in [0.5, 0.6) is 0 Å². The van der Waals surface area contributed by atoms with E-state index in [-0.39, 0.29) is 5.97 Å². The van der Waals surface area contributed by atoms with Crippen LogP contribution in [0.4, 0.5) is 0 Å². The predicted molar refractivity (Wildman–Crippen MR) is 68.2 cm³/mol. The Labute approximate surface area is 104 Å². The summed E-state index contributed by atoms with van der Waals surface area (Å²) in [7, 11) is 1.39. The molecule has 0 spiro atoms. The molecule has 15 heavy (non-hydrogen) atoms. The molecule has 0 fully saturated rings. The Morgan fingerprint density at radius 2 is 1.87 bits per heavy atom. The van der Waals surface area contributed by atoms with Crippen molar-refractivity contribution >= 4 is 33.7 Å². The van der Waals surface area contributed by atoms with Crippen LogP contribution in [0.25, 0.3) is 0 Å². The third-order valence-electron chi connectivity index (χ3n) is 1.40. The minimum Gasteiger partial charge on any atom is -0.468 e. The first kappa shape index (κ1) is 14.5. The maximum Gasteiger partial charge on any atom is 0.315 e. The third kappa shape index (κ3) is 6.57. The maximum atomic E-state index is 10.8. The molecule has 0 saturated heterocycles. The van der Waals surface area contributed by atoms with Crippen molar-refractivity contribution in [2.75, 3.05) is 12.9 Å². The summed E-state index contributed by atoms with van der Waals surface area (Å²) in [6.07, 6.45) is 0. The van der Waals surface area contributed by atoms with Crippen molar-refractivity contribution in [3.63, 3.8) is 0 Å². The summed E-state index contributed by atoms with van der Waals surface area (Å²) >= 11 is 4.80. The minimum absolute atomic E-state index is 0.201. The van der Waals surface area contributed by atoms with Gasteiger partial charge in [0.25, 0.3) is 0 Å². The molecule has 0 atom stereocenters. The van der Waals surface area contributed by atoms with E-state index >= 15 is 0 Å². The summed E-state index contributed by atoms with van der Waals surface area (Å²) in [5.41, 5.74) is 0. The lowest BCUT2D eigenvalue weighted by atomic mass is 10.4. The number of esters is 1. The lowest BCUT2D eigenvalue weighted by Crippen LogP contribution is -2.02. The van der Waals surface area contributed by atoms with Gasteiger partial charge in [-0.2, -0.15) is 0 Å². The van der Waals surface area contributed by atoms with Crippen LogP contribution in [0.15, 0.2) is 33.6 Å². The number of halogens is 1. The Morgan fingerprint density at radius 3 is 2.33 bits per heavy atom. The van der Waals surface area contributed by atoms with E-state index in [0.29, 0.717) is 5.75 Å². The first-order chi connectivity index (χ1) is 7.22. The van der Waals surface area contributed by atoms with Gasteiger partial charge in [0.15, 0.2) is 0 Å². The van der Waals surface area contributed by atoms with Gasteiger partial charge in [-0.05, 0) is 24.3 Å². The van der Waals surface area contributed by atoms with Crippen molar-refractivity contribution in [3.8, 4) is 0 Å². The predicted octanol–water partition coefficient (Wildman–Crippen LogP) is 3.74. The molecule has 0 amide bonds. The molecule has 0 unspecified atom stereocenters. The van der Waals surface area contributed by atoms with Crippen molar-refractivity contribution in [2.45, 2.75) is 18.7 Å². The second kappa shape index (κ2) is 8.80. The molecule has 4 heteroatoms. The van der Waals surface area contributed by atoms with Gasteiger partial charge in [0.1, 0.15) is 0 Å². The quantitative estimate of drug-likeness (QED) is 0.627. The maximum absolute atomic E-state index is 10.8. The SMILES string of the molecule is CC.COC(=O)CSc1ccc(Br)cc1. The fourth-order valence-corrected chi connectivity index (χ4v) is 1.73. The summed E-state index contributed by atoms with van der Waals surface area (Å²) in [5.74, 6) is 0.158. The van der Waals surface area contributed by atoms with Gasteiger partial charge in [-0.15, -0.1) is 11.8 Å². The zero-order valence-corrected chi connectivity index (χ0v) is 11.5. The number of hydrogen-bond donors (Lipinski definition) is 0. The second-order valence-electron chi connectivity index (χ2n) is 2.32. The topological polar surface area (TPSA) is 26.3 Å². The van der Waals surface area contributed by atoms with Gasteiger partial charge in [-0.3, -0.25) is 4.79 Å². The van der Waals surface area contributed by atoms with Gasteiger partial charge in [-0.1, -0.05) is 29.8 Å². The monoisotopic (exact) mass is 290 g/mol. The molecule has 1 aromatic rings. The molecule has 0 bridgehead atoms. The lowest BCUT2D eigenvalue weighted by molar-refractivity contribution is -0.137. The third-order valence-corrected chi connectivity index (χ3v) is 2.91. The van der Waals surface area contributed by atoms with Gasteiger partial charge in [0, 0.05) is 9.37 Å². The van der Waals surface area contributed by atoms with Crippen molar-refractivity contribution in [3.05, 3.63) is 28.7 Å². The molecule has 0 N–H and O–H groups in total. The fourth-order valence-electron chi connectivity index (χ4n) is 0.732. The van der Waals surface area contributed by atoms with Crippen LogP contribution in [0.2, 0.25) is 0 Å². The molecule has 0 aliphatic heterocycles. The van der Waals surface area contributed by atoms with Crippen molar-refractivity contribution < 1.29 is 9.53 Å². The molecule has 2 nitrogen and oxygen atoms in total. The number of hydrogen-bond acceptors (Lipinski definition) is 3. The standard InChI is InChI=1S/C9H9BrO2S.C2H6/c1-12-9(11)6-13-8-4-2-7(10)3-5-8;1-2/h2-5H,6H2,1H3;1-2H3. The molecule has 0 radical (unpaired) electrons. The molecule has 0 saturated carbocycles. The van der Waals surface area contributed by atoms with Crippen LogP contribution in [0.1, 0.15) is 13.8 Å². The summed E-state index contributed by atoms with van der Waals surface area (Å²) in [6.45, 7) is 4.00. The van der Waals surface area contributed by atoms with Crippen LogP contribution in [0, 0.1) is 0 Å². The minimum atomic E-state index is -0.201. The number of benzene rings is 1. The number of methoxy groups -OCH3 is 1. The highest BCUT2D eigenvalue weighted by Gasteiger charge is 2.00. The molecule has 0 aliphatic carbocycles. The Morgan fingerprint density at radius 1 is 1.33 bits per heavy atom. The highest BCUT2D eigenvalue weighted by Crippen LogP contribution is 2.20. The van der Waals surface area contributed by atoms with Gasteiger partial charge in [-0.25, -0.2) is 0 Å². The Kier molecular flexibility index (Phi) is 8.52. The summed E-state index contributed by atoms with van der Waals surface area (Å²) in [5, 5.41) is 0. The molecular formula is C11H15BrO2S. The second-order valence-corrected chi connectivity index (χ2v) is 4.28. The van der Waals surface area contributed by atoms with Gasteiger partial charge in [0.05, 0.1) is 12.9 Å². The summed E-state index contributed by atoms with van der Waals surface area (Å²) < 4.78 is 5.56. The van der Waals surface area contributed by atoms with Crippen molar-refractivity contribution in [1.29, 1.82) is 0 Å². The largest absolute Gasteiger partial charge is 0.468 e. The van der Waals surface area contributed by atoms with Crippen molar-refractivity contribution in [2.24, 2.45) is 0 Å². The Bertz CT molecular complexity index is 285. The molecular weight excluding hydrogens is 276 g/mol. The first-order valence-corrected chi connectivity index (χ1v) is 6.45. The lowest BCUT2D eigenvalue weighted by Gasteiger charge is -1.99. The number of carbonyl (C=O) groups excluding carboxylic acids is 1. The highest BCUT2D eigenvalue weighted by atomic mass is 79.9. The summed E-state index contributed by atoms with van der Waals surface area (Å²) in [6, 6.07) is 7.80. The fraction of sp³-hybridized carbons (Fsp3) is 0.364. The van der Waals surface area contributed by atoms with E-state index in [0.717, 1.165) is 9.37 Å². The number of ether oxygens (including phenoxy) is 1. The van der Waals surface area contributed by atoms with E-state index in [9.17, 15) is 4.79 Å². The highest BCUT2D eigenvalue weighted by molar-refractivity contribution is 9.10. The Hall–Kier alpha value is -0.480. The number of thioether (sulfide) groups is 1. The van der Waals surface area contributed by atoms with Crippen LogP contribution in [-0.2, 0) is 9.53 Å². The Balaban J connectivity index is 0.000000921. The average Bonchev–Trinajstić information content (AvgIpc) is 2.30. The molecule has 84 valence electrons. The van der Waals surface area contributed by atoms with Gasteiger partial charge < -0.3 is 4.74 Å². The molecule has 1 aromatic carbocycles. The average molecular weight is 291 g/mol. The van der Waals surface area contributed by atoms with E-state index in [1.54, 1.807) is 0 Å². The van der Waals surface area contributed by atoms with Gasteiger partial charge in [0.2, 0.25) is 0 Å². The van der Waals surface area contributed by atoms with E-state index in [1.807, 2.05) is 38.1 Å². The molecule has 1 rings (SSSR count). The van der Waals surface area contributed by atoms with Crippen LogP contribution in [0.3, 0.4) is 0 Å². The number of carbonyl (C=O) groups is 1.